The minimum Gasteiger partial charge on any atom is -0.497 e. The monoisotopic (exact) mass is 438 g/mol. The van der Waals surface area contributed by atoms with Gasteiger partial charge in [-0.1, -0.05) is 52.8 Å². The molecular formula is C23H32ClO4P. The summed E-state index contributed by atoms with van der Waals surface area (Å²) in [5.74, 6) is 3.02. The van der Waals surface area contributed by atoms with E-state index in [0.29, 0.717) is 0 Å². The van der Waals surface area contributed by atoms with Crippen molar-refractivity contribution in [3.8, 4) is 34.1 Å². The Morgan fingerprint density at radius 2 is 1.07 bits per heavy atom. The SMILES string of the molecule is COc1cc(-c2cc(OC)cc(C(C)(C)C)c2OPCl)c(OC)c(C(C)(C)C)c1. The number of methoxy groups -OCH3 is 3. The smallest absolute Gasteiger partial charge is 0.168 e. The molecule has 0 saturated carbocycles. The van der Waals surface area contributed by atoms with Crippen LogP contribution in [0, 0.1) is 0 Å². The molecule has 6 heteroatoms. The molecule has 2 aromatic rings. The van der Waals surface area contributed by atoms with Crippen molar-refractivity contribution in [3.63, 3.8) is 0 Å². The summed E-state index contributed by atoms with van der Waals surface area (Å²) < 4.78 is 23.1. The first-order valence-electron chi connectivity index (χ1n) is 9.49. The summed E-state index contributed by atoms with van der Waals surface area (Å²) in [5, 5.41) is 0. The van der Waals surface area contributed by atoms with E-state index >= 15 is 0 Å². The highest BCUT2D eigenvalue weighted by molar-refractivity contribution is 7.64. The minimum absolute atomic E-state index is 0.143. The van der Waals surface area contributed by atoms with Gasteiger partial charge in [0.25, 0.3) is 0 Å². The Kier molecular flexibility index (Phi) is 7.35. The van der Waals surface area contributed by atoms with Gasteiger partial charge in [0, 0.05) is 22.3 Å². The summed E-state index contributed by atoms with van der Waals surface area (Å²) >= 11 is 6.05. The quantitative estimate of drug-likeness (QED) is 0.450. The molecule has 0 aliphatic carbocycles. The summed E-state index contributed by atoms with van der Waals surface area (Å²) in [6.45, 7) is 12.9. The van der Waals surface area contributed by atoms with Crippen LogP contribution in [0.15, 0.2) is 24.3 Å². The number of hydrogen-bond donors (Lipinski definition) is 0. The van der Waals surface area contributed by atoms with Crippen molar-refractivity contribution in [2.75, 3.05) is 21.3 Å². The number of halogens is 1. The third-order valence-corrected chi connectivity index (χ3v) is 5.36. The van der Waals surface area contributed by atoms with Crippen LogP contribution < -0.4 is 18.7 Å². The molecule has 4 nitrogen and oxygen atoms in total. The Bertz CT molecular complexity index is 867. The third kappa shape index (κ3) is 5.10. The average molecular weight is 439 g/mol. The number of ether oxygens (including phenoxy) is 3. The van der Waals surface area contributed by atoms with Crippen LogP contribution in [0.2, 0.25) is 0 Å². The van der Waals surface area contributed by atoms with Gasteiger partial charge in [0.05, 0.1) is 21.3 Å². The van der Waals surface area contributed by atoms with E-state index in [4.69, 9.17) is 30.0 Å². The number of benzene rings is 2. The summed E-state index contributed by atoms with van der Waals surface area (Å²) in [6.07, 6.45) is 0. The maximum atomic E-state index is 6.05. The van der Waals surface area contributed by atoms with E-state index in [0.717, 1.165) is 45.3 Å². The van der Waals surface area contributed by atoms with Gasteiger partial charge in [0.1, 0.15) is 23.0 Å². The van der Waals surface area contributed by atoms with Crippen molar-refractivity contribution in [1.82, 2.24) is 0 Å². The maximum Gasteiger partial charge on any atom is 0.168 e. The molecule has 0 amide bonds. The van der Waals surface area contributed by atoms with Crippen molar-refractivity contribution in [1.29, 1.82) is 0 Å². The molecule has 0 fully saturated rings. The molecule has 1 unspecified atom stereocenters. The molecular weight excluding hydrogens is 407 g/mol. The van der Waals surface area contributed by atoms with Crippen molar-refractivity contribution < 1.29 is 18.7 Å². The minimum atomic E-state index is -0.210. The molecule has 160 valence electrons. The molecule has 0 aliphatic rings. The van der Waals surface area contributed by atoms with Gasteiger partial charge in [-0.05, 0) is 35.1 Å². The second-order valence-electron chi connectivity index (χ2n) is 8.99. The van der Waals surface area contributed by atoms with E-state index in [2.05, 4.69) is 41.5 Å². The van der Waals surface area contributed by atoms with E-state index in [1.54, 1.807) is 21.3 Å². The van der Waals surface area contributed by atoms with Crippen LogP contribution in [0.3, 0.4) is 0 Å². The Balaban J connectivity index is 2.99. The van der Waals surface area contributed by atoms with Crippen LogP contribution in [0.1, 0.15) is 52.7 Å². The lowest BCUT2D eigenvalue weighted by atomic mass is 9.81. The second kappa shape index (κ2) is 9.02. The highest BCUT2D eigenvalue weighted by Crippen LogP contribution is 2.50. The van der Waals surface area contributed by atoms with Crippen molar-refractivity contribution >= 4 is 19.4 Å². The zero-order valence-electron chi connectivity index (χ0n) is 18.8. The van der Waals surface area contributed by atoms with Crippen LogP contribution in [0.5, 0.6) is 23.0 Å². The Morgan fingerprint density at radius 3 is 1.41 bits per heavy atom. The molecule has 2 aromatic carbocycles. The maximum absolute atomic E-state index is 6.05. The standard InChI is InChI=1S/C23H32ClO4P/c1-22(2,3)18-12-14(25-7)10-16(20(18)27-9)17-11-15(26-8)13-19(23(4,5)6)21(17)28-29-24/h10-13,29H,1-9H3. The van der Waals surface area contributed by atoms with Gasteiger partial charge in [0.15, 0.2) is 8.16 Å². The van der Waals surface area contributed by atoms with E-state index in [1.807, 2.05) is 24.3 Å². The van der Waals surface area contributed by atoms with E-state index in [1.165, 1.54) is 0 Å². The molecule has 29 heavy (non-hydrogen) atoms. The predicted molar refractivity (Wildman–Crippen MR) is 124 cm³/mol. The Labute approximate surface area is 181 Å². The molecule has 0 saturated heterocycles. The van der Waals surface area contributed by atoms with Crippen molar-refractivity contribution in [2.45, 2.75) is 52.4 Å². The molecule has 0 radical (unpaired) electrons. The van der Waals surface area contributed by atoms with Crippen LogP contribution in [-0.4, -0.2) is 21.3 Å². The van der Waals surface area contributed by atoms with Gasteiger partial charge in [0.2, 0.25) is 0 Å². The molecule has 0 aliphatic heterocycles. The first-order valence-corrected chi connectivity index (χ1v) is 11.4. The van der Waals surface area contributed by atoms with Gasteiger partial charge in [-0.3, -0.25) is 0 Å². The predicted octanol–water partition coefficient (Wildman–Crippen LogP) is 7.10. The molecule has 0 bridgehead atoms. The van der Waals surface area contributed by atoms with Crippen LogP contribution >= 0.6 is 19.4 Å². The number of hydrogen-bond acceptors (Lipinski definition) is 4. The number of rotatable bonds is 6. The fourth-order valence-corrected chi connectivity index (χ4v) is 3.85. The summed E-state index contributed by atoms with van der Waals surface area (Å²) in [4.78, 5) is 0. The Hall–Kier alpha value is -1.64. The largest absolute Gasteiger partial charge is 0.497 e. The molecule has 0 spiro atoms. The average Bonchev–Trinajstić information content (AvgIpc) is 2.65. The zero-order valence-corrected chi connectivity index (χ0v) is 20.6. The third-order valence-electron chi connectivity index (χ3n) is 4.85. The molecule has 2 rings (SSSR count). The van der Waals surface area contributed by atoms with Gasteiger partial charge >= 0.3 is 0 Å². The van der Waals surface area contributed by atoms with Crippen molar-refractivity contribution in [2.24, 2.45) is 0 Å². The normalized spacial score (nSPS) is 12.3. The molecule has 0 heterocycles. The van der Waals surface area contributed by atoms with Gasteiger partial charge < -0.3 is 18.7 Å². The van der Waals surface area contributed by atoms with Crippen LogP contribution in [0.4, 0.5) is 0 Å². The van der Waals surface area contributed by atoms with E-state index in [-0.39, 0.29) is 19.0 Å². The van der Waals surface area contributed by atoms with Gasteiger partial charge in [-0.25, -0.2) is 0 Å². The lowest BCUT2D eigenvalue weighted by Crippen LogP contribution is -2.15. The topological polar surface area (TPSA) is 36.9 Å². The lowest BCUT2D eigenvalue weighted by Gasteiger charge is -2.28. The van der Waals surface area contributed by atoms with E-state index in [9.17, 15) is 0 Å². The fraction of sp³-hybridized carbons (Fsp3) is 0.478. The lowest BCUT2D eigenvalue weighted by molar-refractivity contribution is 0.389. The first-order chi connectivity index (χ1) is 13.5. The molecule has 0 aromatic heterocycles. The fourth-order valence-electron chi connectivity index (χ4n) is 3.32. The van der Waals surface area contributed by atoms with Crippen LogP contribution in [0.25, 0.3) is 11.1 Å². The van der Waals surface area contributed by atoms with Crippen LogP contribution in [-0.2, 0) is 10.8 Å². The highest BCUT2D eigenvalue weighted by Gasteiger charge is 2.28. The Morgan fingerprint density at radius 1 is 0.655 bits per heavy atom. The second-order valence-corrected chi connectivity index (χ2v) is 9.81. The molecule has 0 N–H and O–H groups in total. The molecule has 1 atom stereocenters. The van der Waals surface area contributed by atoms with Gasteiger partial charge in [-0.2, -0.15) is 0 Å². The van der Waals surface area contributed by atoms with Crippen molar-refractivity contribution in [3.05, 3.63) is 35.4 Å². The van der Waals surface area contributed by atoms with E-state index < -0.39 is 0 Å². The van der Waals surface area contributed by atoms with Gasteiger partial charge in [-0.15, -0.1) is 0 Å². The first kappa shape index (κ1) is 23.6. The highest BCUT2D eigenvalue weighted by atomic mass is 35.7. The summed E-state index contributed by atoms with van der Waals surface area (Å²) in [6, 6.07) is 7.97. The zero-order chi connectivity index (χ0) is 22.0. The summed E-state index contributed by atoms with van der Waals surface area (Å²) in [7, 11) is 4.81. The summed E-state index contributed by atoms with van der Waals surface area (Å²) in [5.41, 5.74) is 3.50.